The number of benzene rings is 1. The van der Waals surface area contributed by atoms with Crippen molar-refractivity contribution in [2.45, 2.75) is 18.7 Å². The van der Waals surface area contributed by atoms with E-state index in [0.717, 1.165) is 10.0 Å². The third-order valence-corrected chi connectivity index (χ3v) is 4.71. The lowest BCUT2D eigenvalue weighted by Gasteiger charge is -2.13. The highest BCUT2D eigenvalue weighted by Gasteiger charge is 2.17. The van der Waals surface area contributed by atoms with Crippen LogP contribution in [0.4, 0.5) is 0 Å². The number of aromatic nitrogens is 1. The van der Waals surface area contributed by atoms with Crippen LogP contribution < -0.4 is 4.72 Å². The normalized spacial score (nSPS) is 13.1. The van der Waals surface area contributed by atoms with Gasteiger partial charge in [0, 0.05) is 10.7 Å². The van der Waals surface area contributed by atoms with Crippen molar-refractivity contribution in [1.82, 2.24) is 9.71 Å². The van der Waals surface area contributed by atoms with Gasteiger partial charge in [0.05, 0.1) is 17.5 Å². The Morgan fingerprint density at radius 2 is 1.90 bits per heavy atom. The topological polar surface area (TPSA) is 59.1 Å². The average molecular weight is 355 g/mol. The second-order valence-corrected chi connectivity index (χ2v) is 7.15. The molecule has 0 saturated heterocycles. The first-order chi connectivity index (χ1) is 9.46. The highest BCUT2D eigenvalue weighted by molar-refractivity contribution is 9.10. The molecule has 1 aromatic heterocycles. The molecule has 0 aliphatic carbocycles. The van der Waals surface area contributed by atoms with E-state index in [1.807, 2.05) is 18.2 Å². The molecule has 1 atom stereocenters. The molecule has 0 spiro atoms. The van der Waals surface area contributed by atoms with E-state index in [1.165, 1.54) is 0 Å². The van der Waals surface area contributed by atoms with Crippen LogP contribution in [0.5, 0.6) is 0 Å². The first kappa shape index (κ1) is 15.2. The fourth-order valence-corrected chi connectivity index (χ4v) is 3.44. The number of pyridine rings is 1. The third kappa shape index (κ3) is 4.40. The highest BCUT2D eigenvalue weighted by Crippen LogP contribution is 2.15. The highest BCUT2D eigenvalue weighted by atomic mass is 79.9. The maximum absolute atomic E-state index is 12.1. The molecule has 6 heteroatoms. The summed E-state index contributed by atoms with van der Waals surface area (Å²) >= 11 is 3.32. The number of rotatable bonds is 5. The van der Waals surface area contributed by atoms with E-state index in [-0.39, 0.29) is 11.8 Å². The summed E-state index contributed by atoms with van der Waals surface area (Å²) in [5.74, 6) is -0.0442. The predicted molar refractivity (Wildman–Crippen MR) is 82.6 cm³/mol. The summed E-state index contributed by atoms with van der Waals surface area (Å²) in [4.78, 5) is 4.15. The van der Waals surface area contributed by atoms with Crippen LogP contribution >= 0.6 is 15.9 Å². The van der Waals surface area contributed by atoms with Crippen molar-refractivity contribution < 1.29 is 8.42 Å². The van der Waals surface area contributed by atoms with Crippen LogP contribution in [0, 0.1) is 0 Å². The van der Waals surface area contributed by atoms with Gasteiger partial charge in [0.2, 0.25) is 10.0 Å². The van der Waals surface area contributed by atoms with Gasteiger partial charge in [-0.15, -0.1) is 0 Å². The lowest BCUT2D eigenvalue weighted by molar-refractivity contribution is 0.563. The quantitative estimate of drug-likeness (QED) is 0.897. The molecular weight excluding hydrogens is 340 g/mol. The van der Waals surface area contributed by atoms with Crippen LogP contribution in [0.1, 0.15) is 24.2 Å². The van der Waals surface area contributed by atoms with Gasteiger partial charge in [0.1, 0.15) is 0 Å². The molecule has 2 aromatic rings. The number of nitrogens with one attached hydrogen (secondary N) is 1. The second kappa shape index (κ2) is 6.47. The summed E-state index contributed by atoms with van der Waals surface area (Å²) < 4.78 is 27.8. The van der Waals surface area contributed by atoms with E-state index in [1.54, 1.807) is 37.4 Å². The Labute approximate surface area is 127 Å². The molecule has 20 heavy (non-hydrogen) atoms. The number of hydrogen-bond donors (Lipinski definition) is 1. The molecule has 0 aliphatic heterocycles. The predicted octanol–water partition coefficient (Wildman–Crippen LogP) is 3.02. The molecular formula is C14H15BrN2O2S. The van der Waals surface area contributed by atoms with Crippen LogP contribution in [0.15, 0.2) is 53.1 Å². The minimum absolute atomic E-state index is 0.0442. The van der Waals surface area contributed by atoms with E-state index in [0.29, 0.717) is 5.69 Å². The lowest BCUT2D eigenvalue weighted by atomic mass is 10.2. The number of halogens is 1. The van der Waals surface area contributed by atoms with Gasteiger partial charge in [-0.2, -0.15) is 0 Å². The monoisotopic (exact) mass is 354 g/mol. The molecule has 0 amide bonds. The van der Waals surface area contributed by atoms with E-state index in [2.05, 4.69) is 25.6 Å². The van der Waals surface area contributed by atoms with E-state index in [9.17, 15) is 8.42 Å². The Morgan fingerprint density at radius 3 is 2.50 bits per heavy atom. The molecule has 1 aromatic carbocycles. The molecule has 2 rings (SSSR count). The van der Waals surface area contributed by atoms with Gasteiger partial charge in [-0.05, 0) is 36.8 Å². The van der Waals surface area contributed by atoms with Crippen LogP contribution in [0.2, 0.25) is 0 Å². The average Bonchev–Trinajstić information content (AvgIpc) is 2.41. The number of hydrogen-bond acceptors (Lipinski definition) is 3. The van der Waals surface area contributed by atoms with Crippen LogP contribution in [0.3, 0.4) is 0 Å². The fraction of sp³-hybridized carbons (Fsp3) is 0.214. The van der Waals surface area contributed by atoms with Crippen molar-refractivity contribution in [3.63, 3.8) is 0 Å². The van der Waals surface area contributed by atoms with Gasteiger partial charge in [0.25, 0.3) is 0 Å². The van der Waals surface area contributed by atoms with Crippen LogP contribution in [-0.4, -0.2) is 13.4 Å². The maximum atomic E-state index is 12.1. The van der Waals surface area contributed by atoms with Gasteiger partial charge in [-0.1, -0.05) is 34.1 Å². The summed E-state index contributed by atoms with van der Waals surface area (Å²) in [6, 6.07) is 12.3. The third-order valence-electron chi connectivity index (χ3n) is 2.76. The summed E-state index contributed by atoms with van der Waals surface area (Å²) in [7, 11) is -3.40. The zero-order chi connectivity index (χ0) is 14.6. The Hall–Kier alpha value is -1.24. The molecule has 0 radical (unpaired) electrons. The molecule has 1 heterocycles. The first-order valence-electron chi connectivity index (χ1n) is 6.12. The molecule has 0 fully saturated rings. The van der Waals surface area contributed by atoms with Crippen molar-refractivity contribution in [2.24, 2.45) is 0 Å². The van der Waals surface area contributed by atoms with Gasteiger partial charge >= 0.3 is 0 Å². The molecule has 0 bridgehead atoms. The summed E-state index contributed by atoms with van der Waals surface area (Å²) in [5.41, 5.74) is 1.45. The van der Waals surface area contributed by atoms with Crippen molar-refractivity contribution in [1.29, 1.82) is 0 Å². The van der Waals surface area contributed by atoms with Gasteiger partial charge in [-0.25, -0.2) is 13.1 Å². The molecule has 0 unspecified atom stereocenters. The summed E-state index contributed by atoms with van der Waals surface area (Å²) in [5, 5.41) is 0. The molecule has 4 nitrogen and oxygen atoms in total. The smallest absolute Gasteiger partial charge is 0.216 e. The van der Waals surface area contributed by atoms with Gasteiger partial charge in [-0.3, -0.25) is 4.98 Å². The Morgan fingerprint density at radius 1 is 1.20 bits per heavy atom. The Kier molecular flexibility index (Phi) is 4.91. The lowest BCUT2D eigenvalue weighted by Crippen LogP contribution is -2.28. The second-order valence-electron chi connectivity index (χ2n) is 4.48. The summed E-state index contributed by atoms with van der Waals surface area (Å²) in [6.45, 7) is 1.78. The van der Waals surface area contributed by atoms with E-state index in [4.69, 9.17) is 0 Å². The zero-order valence-corrected chi connectivity index (χ0v) is 13.4. The minimum atomic E-state index is -3.40. The fourth-order valence-electron chi connectivity index (χ4n) is 1.80. The summed E-state index contributed by atoms with van der Waals surface area (Å²) in [6.07, 6.45) is 1.65. The van der Waals surface area contributed by atoms with E-state index < -0.39 is 10.0 Å². The zero-order valence-electron chi connectivity index (χ0n) is 11.0. The maximum Gasteiger partial charge on any atom is 0.216 e. The van der Waals surface area contributed by atoms with Crippen molar-refractivity contribution in [3.8, 4) is 0 Å². The molecule has 106 valence electrons. The van der Waals surface area contributed by atoms with Crippen molar-refractivity contribution in [3.05, 3.63) is 64.4 Å². The minimum Gasteiger partial charge on any atom is -0.260 e. The van der Waals surface area contributed by atoms with Crippen molar-refractivity contribution in [2.75, 3.05) is 0 Å². The SMILES string of the molecule is C[C@@H](NS(=O)(=O)Cc1ccc(Br)cc1)c1ccccn1. The van der Waals surface area contributed by atoms with Gasteiger partial charge in [0.15, 0.2) is 0 Å². The van der Waals surface area contributed by atoms with Crippen LogP contribution in [-0.2, 0) is 15.8 Å². The Balaban J connectivity index is 2.06. The molecule has 0 aliphatic rings. The van der Waals surface area contributed by atoms with Crippen LogP contribution in [0.25, 0.3) is 0 Å². The standard InChI is InChI=1S/C14H15BrN2O2S/c1-11(14-4-2-3-9-16-14)17-20(18,19)10-12-5-7-13(15)8-6-12/h2-9,11,17H,10H2,1H3/t11-/m1/s1. The number of nitrogens with zero attached hydrogens (tertiary/aromatic N) is 1. The first-order valence-corrected chi connectivity index (χ1v) is 8.56. The number of sulfonamides is 1. The largest absolute Gasteiger partial charge is 0.260 e. The van der Waals surface area contributed by atoms with E-state index >= 15 is 0 Å². The molecule has 0 saturated carbocycles. The van der Waals surface area contributed by atoms with Crippen molar-refractivity contribution >= 4 is 26.0 Å². The molecule has 1 N–H and O–H groups in total. The van der Waals surface area contributed by atoms with Gasteiger partial charge < -0.3 is 0 Å². The Bertz CT molecular complexity index is 657.